The number of carboxylic acid groups (broad SMARTS) is 1. The summed E-state index contributed by atoms with van der Waals surface area (Å²) in [6, 6.07) is 4.85. The topological polar surface area (TPSA) is 75.6 Å². The van der Waals surface area contributed by atoms with Crippen LogP contribution in [0.1, 0.15) is 19.4 Å². The van der Waals surface area contributed by atoms with E-state index in [1.807, 2.05) is 0 Å². The van der Waals surface area contributed by atoms with E-state index in [0.717, 1.165) is 0 Å². The van der Waals surface area contributed by atoms with Crippen LogP contribution in [-0.2, 0) is 16.1 Å². The number of nitrogens with one attached hydrogen (secondary N) is 1. The van der Waals surface area contributed by atoms with Crippen LogP contribution < -0.4 is 5.32 Å². The fraction of sp³-hybridized carbons (Fsp3) is 0.385. The molecule has 19 heavy (non-hydrogen) atoms. The fourth-order valence-corrected chi connectivity index (χ4v) is 1.44. The molecule has 0 saturated carbocycles. The van der Waals surface area contributed by atoms with Gasteiger partial charge in [0.05, 0.1) is 0 Å². The Morgan fingerprint density at radius 1 is 1.37 bits per heavy atom. The molecule has 1 atom stereocenters. The molecule has 6 heteroatoms. The van der Waals surface area contributed by atoms with Gasteiger partial charge in [-0.25, -0.2) is 14.0 Å². The Balaban J connectivity index is 2.52. The summed E-state index contributed by atoms with van der Waals surface area (Å²) >= 11 is 0. The first kappa shape index (κ1) is 14.9. The minimum absolute atomic E-state index is 0.231. The van der Waals surface area contributed by atoms with Crippen molar-refractivity contribution in [3.05, 3.63) is 35.6 Å². The van der Waals surface area contributed by atoms with Crippen molar-refractivity contribution in [1.29, 1.82) is 0 Å². The van der Waals surface area contributed by atoms with Crippen LogP contribution in [-0.4, -0.2) is 23.2 Å². The van der Waals surface area contributed by atoms with Gasteiger partial charge in [-0.2, -0.15) is 0 Å². The van der Waals surface area contributed by atoms with Gasteiger partial charge in [0.15, 0.2) is 0 Å². The Hall–Kier alpha value is -2.11. The number of rotatable bonds is 5. The molecule has 0 unspecified atom stereocenters. The molecular formula is C13H16FNO4. The van der Waals surface area contributed by atoms with Crippen LogP contribution in [0.2, 0.25) is 0 Å². The summed E-state index contributed by atoms with van der Waals surface area (Å²) in [6.45, 7) is 3.08. The predicted molar refractivity (Wildman–Crippen MR) is 66.0 cm³/mol. The SMILES string of the molecule is CC(C)[C@H](NC(=O)OCc1ccccc1F)C(=O)O. The third-order valence-corrected chi connectivity index (χ3v) is 2.52. The molecule has 0 saturated heterocycles. The minimum atomic E-state index is -1.14. The van der Waals surface area contributed by atoms with E-state index in [1.165, 1.54) is 18.2 Å². The lowest BCUT2D eigenvalue weighted by Crippen LogP contribution is -2.44. The monoisotopic (exact) mass is 269 g/mol. The second-order valence-corrected chi connectivity index (χ2v) is 4.37. The summed E-state index contributed by atoms with van der Waals surface area (Å²) in [5.74, 6) is -1.90. The molecule has 1 aromatic carbocycles. The van der Waals surface area contributed by atoms with Gasteiger partial charge in [0.2, 0.25) is 0 Å². The van der Waals surface area contributed by atoms with Gasteiger partial charge >= 0.3 is 12.1 Å². The Bertz CT molecular complexity index is 462. The lowest BCUT2D eigenvalue weighted by Gasteiger charge is -2.17. The highest BCUT2D eigenvalue weighted by molar-refractivity contribution is 5.80. The number of hydrogen-bond acceptors (Lipinski definition) is 3. The van der Waals surface area contributed by atoms with E-state index in [4.69, 9.17) is 9.84 Å². The van der Waals surface area contributed by atoms with Crippen molar-refractivity contribution in [2.75, 3.05) is 0 Å². The van der Waals surface area contributed by atoms with Gasteiger partial charge in [0.1, 0.15) is 18.5 Å². The number of halogens is 1. The number of carbonyl (C=O) groups is 2. The number of aliphatic carboxylic acids is 1. The van der Waals surface area contributed by atoms with Gasteiger partial charge in [-0.3, -0.25) is 0 Å². The maximum Gasteiger partial charge on any atom is 0.408 e. The van der Waals surface area contributed by atoms with Crippen LogP contribution in [0.5, 0.6) is 0 Å². The number of amides is 1. The summed E-state index contributed by atoms with van der Waals surface area (Å²) in [6.07, 6.45) is -0.885. The van der Waals surface area contributed by atoms with E-state index in [0.29, 0.717) is 0 Å². The molecule has 0 aliphatic carbocycles. The Morgan fingerprint density at radius 3 is 2.53 bits per heavy atom. The fourth-order valence-electron chi connectivity index (χ4n) is 1.44. The number of alkyl carbamates (subject to hydrolysis) is 1. The molecule has 0 radical (unpaired) electrons. The average molecular weight is 269 g/mol. The first-order valence-corrected chi connectivity index (χ1v) is 5.81. The quantitative estimate of drug-likeness (QED) is 0.858. The molecule has 1 aromatic rings. The Kier molecular flexibility index (Phi) is 5.29. The summed E-state index contributed by atoms with van der Waals surface area (Å²) < 4.78 is 18.0. The van der Waals surface area contributed by atoms with E-state index in [9.17, 15) is 14.0 Å². The molecule has 5 nitrogen and oxygen atoms in total. The molecule has 0 aliphatic heterocycles. The summed E-state index contributed by atoms with van der Waals surface area (Å²) in [4.78, 5) is 22.3. The molecule has 0 heterocycles. The largest absolute Gasteiger partial charge is 0.480 e. The van der Waals surface area contributed by atoms with Gasteiger partial charge in [-0.1, -0.05) is 32.0 Å². The van der Waals surface area contributed by atoms with Gasteiger partial charge in [0, 0.05) is 5.56 Å². The van der Waals surface area contributed by atoms with Gasteiger partial charge in [0.25, 0.3) is 0 Å². The number of ether oxygens (including phenoxy) is 1. The minimum Gasteiger partial charge on any atom is -0.480 e. The van der Waals surface area contributed by atoms with Crippen molar-refractivity contribution in [2.24, 2.45) is 5.92 Å². The lowest BCUT2D eigenvalue weighted by atomic mass is 10.1. The first-order valence-electron chi connectivity index (χ1n) is 5.81. The van der Waals surface area contributed by atoms with Crippen LogP contribution in [0.4, 0.5) is 9.18 Å². The van der Waals surface area contributed by atoms with Crippen molar-refractivity contribution in [3.8, 4) is 0 Å². The molecule has 0 fully saturated rings. The second kappa shape index (κ2) is 6.72. The van der Waals surface area contributed by atoms with Crippen LogP contribution in [0, 0.1) is 11.7 Å². The molecule has 0 aromatic heterocycles. The highest BCUT2D eigenvalue weighted by atomic mass is 19.1. The van der Waals surface area contributed by atoms with E-state index in [1.54, 1.807) is 19.9 Å². The predicted octanol–water partition coefficient (Wildman–Crippen LogP) is 2.16. The van der Waals surface area contributed by atoms with E-state index in [-0.39, 0.29) is 18.1 Å². The van der Waals surface area contributed by atoms with Gasteiger partial charge in [-0.05, 0) is 12.0 Å². The molecule has 1 rings (SSSR count). The molecule has 2 N–H and O–H groups in total. The maximum absolute atomic E-state index is 13.3. The van der Waals surface area contributed by atoms with Crippen molar-refractivity contribution in [2.45, 2.75) is 26.5 Å². The molecule has 0 spiro atoms. The first-order chi connectivity index (χ1) is 8.91. The molecule has 1 amide bonds. The summed E-state index contributed by atoms with van der Waals surface area (Å²) in [5.41, 5.74) is 0.231. The Labute approximate surface area is 110 Å². The van der Waals surface area contributed by atoms with Crippen molar-refractivity contribution in [3.63, 3.8) is 0 Å². The highest BCUT2D eigenvalue weighted by Crippen LogP contribution is 2.08. The van der Waals surface area contributed by atoms with Crippen LogP contribution in [0.25, 0.3) is 0 Å². The van der Waals surface area contributed by atoms with Gasteiger partial charge < -0.3 is 15.2 Å². The zero-order chi connectivity index (χ0) is 14.4. The summed E-state index contributed by atoms with van der Waals surface area (Å²) in [7, 11) is 0. The third kappa shape index (κ3) is 4.57. The van der Waals surface area contributed by atoms with Crippen molar-refractivity contribution >= 4 is 12.1 Å². The number of carboxylic acids is 1. The Morgan fingerprint density at radius 2 is 2.00 bits per heavy atom. The highest BCUT2D eigenvalue weighted by Gasteiger charge is 2.24. The molecule has 104 valence electrons. The zero-order valence-corrected chi connectivity index (χ0v) is 10.7. The molecule has 0 bridgehead atoms. The van der Waals surface area contributed by atoms with Gasteiger partial charge in [-0.15, -0.1) is 0 Å². The van der Waals surface area contributed by atoms with Crippen molar-refractivity contribution < 1.29 is 23.8 Å². The number of benzene rings is 1. The number of carbonyl (C=O) groups excluding carboxylic acids is 1. The smallest absolute Gasteiger partial charge is 0.408 e. The van der Waals surface area contributed by atoms with E-state index in [2.05, 4.69) is 5.32 Å². The third-order valence-electron chi connectivity index (χ3n) is 2.52. The van der Waals surface area contributed by atoms with Crippen molar-refractivity contribution in [1.82, 2.24) is 5.32 Å². The second-order valence-electron chi connectivity index (χ2n) is 4.37. The molecular weight excluding hydrogens is 253 g/mol. The number of hydrogen-bond donors (Lipinski definition) is 2. The average Bonchev–Trinajstić information content (AvgIpc) is 2.34. The standard InChI is InChI=1S/C13H16FNO4/c1-8(2)11(12(16)17)15-13(18)19-7-9-5-3-4-6-10(9)14/h3-6,8,11H,7H2,1-2H3,(H,15,18)(H,16,17)/t11-/m0/s1. The van der Waals surface area contributed by atoms with Crippen LogP contribution >= 0.6 is 0 Å². The normalized spacial score (nSPS) is 12.0. The lowest BCUT2D eigenvalue weighted by molar-refractivity contribution is -0.140. The zero-order valence-electron chi connectivity index (χ0n) is 10.7. The van der Waals surface area contributed by atoms with E-state index >= 15 is 0 Å². The van der Waals surface area contributed by atoms with Crippen LogP contribution in [0.15, 0.2) is 24.3 Å². The molecule has 0 aliphatic rings. The summed E-state index contributed by atoms with van der Waals surface area (Å²) in [5, 5.41) is 11.1. The van der Waals surface area contributed by atoms with Crippen LogP contribution in [0.3, 0.4) is 0 Å². The van der Waals surface area contributed by atoms with E-state index < -0.39 is 23.9 Å². The maximum atomic E-state index is 13.3.